The van der Waals surface area contributed by atoms with Gasteiger partial charge in [-0.15, -0.1) is 0 Å². The van der Waals surface area contributed by atoms with Crippen molar-refractivity contribution >= 4 is 17.3 Å². The number of hydrogen-bond donors (Lipinski definition) is 0. The van der Waals surface area contributed by atoms with Crippen molar-refractivity contribution < 1.29 is 9.47 Å². The van der Waals surface area contributed by atoms with Gasteiger partial charge in [0.25, 0.3) is 0 Å². The fourth-order valence-electron chi connectivity index (χ4n) is 3.18. The minimum absolute atomic E-state index is 0.515. The molecule has 4 atom stereocenters. The van der Waals surface area contributed by atoms with Crippen LogP contribution in [0.25, 0.3) is 0 Å². The molecular weight excluding hydrogens is 280 g/mol. The molecule has 21 heavy (non-hydrogen) atoms. The number of rotatable bonds is 5. The molecule has 2 aliphatic rings. The maximum absolute atomic E-state index is 5.82. The lowest BCUT2D eigenvalue weighted by molar-refractivity contribution is 0.360. The summed E-state index contributed by atoms with van der Waals surface area (Å²) in [6, 6.07) is 8.37. The van der Waals surface area contributed by atoms with Crippen LogP contribution in [-0.2, 0) is 4.74 Å². The molecular formula is C18H24O2S. The Kier molecular flexibility index (Phi) is 4.60. The van der Waals surface area contributed by atoms with Gasteiger partial charge in [0, 0.05) is 6.42 Å². The molecule has 1 aromatic carbocycles. The first-order valence-corrected chi connectivity index (χ1v) is 8.52. The molecule has 0 spiro atoms. The van der Waals surface area contributed by atoms with Crippen molar-refractivity contribution in [3.63, 3.8) is 0 Å². The molecule has 0 radical (unpaired) electrons. The molecule has 1 aromatic rings. The minimum atomic E-state index is 0.515. The first kappa shape index (κ1) is 15.0. The molecule has 1 aliphatic heterocycles. The van der Waals surface area contributed by atoms with Gasteiger partial charge in [-0.3, -0.25) is 0 Å². The molecule has 3 heteroatoms. The van der Waals surface area contributed by atoms with Gasteiger partial charge in [0.15, 0.2) is 5.05 Å². The van der Waals surface area contributed by atoms with Crippen molar-refractivity contribution in [2.75, 3.05) is 0 Å². The van der Waals surface area contributed by atoms with Gasteiger partial charge in [-0.2, -0.15) is 0 Å². The van der Waals surface area contributed by atoms with Crippen LogP contribution in [-0.4, -0.2) is 17.3 Å². The Labute approximate surface area is 132 Å². The van der Waals surface area contributed by atoms with Crippen LogP contribution in [0.15, 0.2) is 24.3 Å². The normalized spacial score (nSPS) is 28.6. The van der Waals surface area contributed by atoms with Gasteiger partial charge in [-0.05, 0) is 67.4 Å². The Morgan fingerprint density at radius 3 is 2.71 bits per heavy atom. The Bertz CT molecular complexity index is 496. The van der Waals surface area contributed by atoms with Crippen LogP contribution in [0, 0.1) is 5.92 Å². The zero-order valence-electron chi connectivity index (χ0n) is 12.9. The largest absolute Gasteiger partial charge is 0.450 e. The lowest BCUT2D eigenvalue weighted by Crippen LogP contribution is -2.18. The molecule has 0 bridgehead atoms. The van der Waals surface area contributed by atoms with Gasteiger partial charge >= 0.3 is 0 Å². The summed E-state index contributed by atoms with van der Waals surface area (Å²) in [5.41, 5.74) is 1.36. The summed E-state index contributed by atoms with van der Waals surface area (Å²) < 4.78 is 11.4. The van der Waals surface area contributed by atoms with Gasteiger partial charge in [-0.1, -0.05) is 26.0 Å². The summed E-state index contributed by atoms with van der Waals surface area (Å²) in [4.78, 5) is 0. The van der Waals surface area contributed by atoms with Crippen molar-refractivity contribution in [2.45, 2.75) is 64.1 Å². The Morgan fingerprint density at radius 1 is 1.29 bits per heavy atom. The summed E-state index contributed by atoms with van der Waals surface area (Å²) in [5.74, 6) is 2.10. The molecule has 1 saturated carbocycles. The van der Waals surface area contributed by atoms with Crippen LogP contribution in [0.1, 0.15) is 57.4 Å². The number of fused-ring (bicyclic) bond motifs is 1. The standard InChI is InChI=1S/C18H24O2S/c1-3-12(2)14-5-7-15(8-6-14)19-18(21)11-13-4-9-16-17(10-13)20-16/h5-8,12-13,16-17H,3-4,9-11H2,1-2H3. The van der Waals surface area contributed by atoms with Gasteiger partial charge in [0.05, 0.1) is 12.2 Å². The van der Waals surface area contributed by atoms with E-state index in [1.165, 1.54) is 18.4 Å². The molecule has 2 fully saturated rings. The van der Waals surface area contributed by atoms with E-state index in [9.17, 15) is 0 Å². The third-order valence-electron chi connectivity index (χ3n) is 4.86. The third-order valence-corrected chi connectivity index (χ3v) is 5.11. The maximum Gasteiger partial charge on any atom is 0.167 e. The van der Waals surface area contributed by atoms with E-state index in [-0.39, 0.29) is 0 Å². The molecule has 0 aromatic heterocycles. The molecule has 3 rings (SSSR count). The second-order valence-corrected chi connectivity index (χ2v) is 6.90. The fourth-order valence-corrected chi connectivity index (χ4v) is 3.51. The molecule has 1 saturated heterocycles. The predicted molar refractivity (Wildman–Crippen MR) is 89.0 cm³/mol. The lowest BCUT2D eigenvalue weighted by Gasteiger charge is -2.19. The van der Waals surface area contributed by atoms with E-state index in [4.69, 9.17) is 21.7 Å². The van der Waals surface area contributed by atoms with Gasteiger partial charge in [0.1, 0.15) is 5.75 Å². The van der Waals surface area contributed by atoms with Crippen LogP contribution in [0.5, 0.6) is 5.75 Å². The minimum Gasteiger partial charge on any atom is -0.450 e. The van der Waals surface area contributed by atoms with E-state index in [1.807, 2.05) is 12.1 Å². The molecule has 4 unspecified atom stereocenters. The van der Waals surface area contributed by atoms with Crippen molar-refractivity contribution in [3.8, 4) is 5.75 Å². The molecule has 0 N–H and O–H groups in total. The highest BCUT2D eigenvalue weighted by molar-refractivity contribution is 7.80. The van der Waals surface area contributed by atoms with Crippen molar-refractivity contribution in [2.24, 2.45) is 5.92 Å². The second kappa shape index (κ2) is 6.45. The first-order chi connectivity index (χ1) is 10.2. The molecule has 1 aliphatic carbocycles. The molecule has 2 nitrogen and oxygen atoms in total. The highest BCUT2D eigenvalue weighted by Gasteiger charge is 2.43. The molecule has 114 valence electrons. The van der Waals surface area contributed by atoms with Crippen LogP contribution in [0.3, 0.4) is 0 Å². The van der Waals surface area contributed by atoms with Crippen molar-refractivity contribution in [1.29, 1.82) is 0 Å². The fraction of sp³-hybridized carbons (Fsp3) is 0.611. The van der Waals surface area contributed by atoms with E-state index in [0.29, 0.717) is 24.0 Å². The number of ether oxygens (including phenoxy) is 2. The smallest absolute Gasteiger partial charge is 0.167 e. The SMILES string of the molecule is CCC(C)c1ccc(OC(=S)CC2CCC3OC3C2)cc1. The van der Waals surface area contributed by atoms with Gasteiger partial charge in [0.2, 0.25) is 0 Å². The van der Waals surface area contributed by atoms with E-state index < -0.39 is 0 Å². The van der Waals surface area contributed by atoms with E-state index in [0.717, 1.165) is 30.1 Å². The summed E-state index contributed by atoms with van der Waals surface area (Å²) in [6.07, 6.45) is 6.69. The van der Waals surface area contributed by atoms with Gasteiger partial charge in [-0.25, -0.2) is 0 Å². The van der Waals surface area contributed by atoms with Crippen LogP contribution < -0.4 is 4.74 Å². The topological polar surface area (TPSA) is 21.8 Å². The highest BCUT2D eigenvalue weighted by atomic mass is 32.1. The van der Waals surface area contributed by atoms with Gasteiger partial charge < -0.3 is 9.47 Å². The number of hydrogen-bond acceptors (Lipinski definition) is 3. The zero-order chi connectivity index (χ0) is 14.8. The van der Waals surface area contributed by atoms with E-state index in [2.05, 4.69) is 26.0 Å². The Morgan fingerprint density at radius 2 is 2.05 bits per heavy atom. The van der Waals surface area contributed by atoms with Crippen molar-refractivity contribution in [1.82, 2.24) is 0 Å². The highest BCUT2D eigenvalue weighted by Crippen LogP contribution is 2.40. The number of epoxide rings is 1. The number of benzene rings is 1. The first-order valence-electron chi connectivity index (χ1n) is 8.11. The molecule has 0 amide bonds. The Hall–Kier alpha value is -0.930. The molecule has 1 heterocycles. The predicted octanol–water partition coefficient (Wildman–Crippen LogP) is 4.86. The Balaban J connectivity index is 1.49. The zero-order valence-corrected chi connectivity index (χ0v) is 13.7. The second-order valence-electron chi connectivity index (χ2n) is 6.45. The average molecular weight is 304 g/mol. The quantitative estimate of drug-likeness (QED) is 0.572. The lowest BCUT2D eigenvalue weighted by atomic mass is 9.87. The maximum atomic E-state index is 5.82. The summed E-state index contributed by atoms with van der Waals surface area (Å²) in [7, 11) is 0. The third kappa shape index (κ3) is 3.83. The van der Waals surface area contributed by atoms with Crippen LogP contribution in [0.4, 0.5) is 0 Å². The van der Waals surface area contributed by atoms with Crippen LogP contribution >= 0.6 is 12.2 Å². The van der Waals surface area contributed by atoms with Crippen molar-refractivity contribution in [3.05, 3.63) is 29.8 Å². The summed E-state index contributed by atoms with van der Waals surface area (Å²) in [6.45, 7) is 4.46. The van der Waals surface area contributed by atoms with Crippen LogP contribution in [0.2, 0.25) is 0 Å². The number of thiocarbonyl (C=S) groups is 1. The summed E-state index contributed by atoms with van der Waals surface area (Å²) in [5, 5.41) is 0.718. The average Bonchev–Trinajstić information content (AvgIpc) is 3.25. The summed E-state index contributed by atoms with van der Waals surface area (Å²) >= 11 is 5.41. The van der Waals surface area contributed by atoms with E-state index in [1.54, 1.807) is 0 Å². The monoisotopic (exact) mass is 304 g/mol. The van der Waals surface area contributed by atoms with E-state index >= 15 is 0 Å².